The number of rotatable bonds is 6. The highest BCUT2D eigenvalue weighted by molar-refractivity contribution is 5.88. The Bertz CT molecular complexity index is 1310. The van der Waals surface area contributed by atoms with Gasteiger partial charge in [-0.2, -0.15) is 0 Å². The molecule has 0 aliphatic carbocycles. The molecule has 1 fully saturated rings. The highest BCUT2D eigenvalue weighted by atomic mass is 16.5. The molecule has 5 rings (SSSR count). The van der Waals surface area contributed by atoms with E-state index in [1.165, 1.54) is 5.56 Å². The number of carbonyl (C=O) groups is 1. The molecule has 0 unspecified atom stereocenters. The summed E-state index contributed by atoms with van der Waals surface area (Å²) < 4.78 is 7.16. The van der Waals surface area contributed by atoms with Crippen molar-refractivity contribution < 1.29 is 9.53 Å². The van der Waals surface area contributed by atoms with Crippen molar-refractivity contribution in [1.82, 2.24) is 14.5 Å². The van der Waals surface area contributed by atoms with Gasteiger partial charge in [0.2, 0.25) is 0 Å². The molecule has 2 heterocycles. The number of fused-ring (bicyclic) bond motifs is 1. The first-order chi connectivity index (χ1) is 16.7. The van der Waals surface area contributed by atoms with E-state index < -0.39 is 6.09 Å². The second-order valence-electron chi connectivity index (χ2n) is 8.71. The van der Waals surface area contributed by atoms with Gasteiger partial charge in [-0.15, -0.1) is 0 Å². The molecule has 3 aromatic carbocycles. The van der Waals surface area contributed by atoms with Gasteiger partial charge in [0.1, 0.15) is 6.61 Å². The van der Waals surface area contributed by atoms with Crippen LogP contribution in [-0.4, -0.2) is 33.6 Å². The molecule has 0 radical (unpaired) electrons. The van der Waals surface area contributed by atoms with E-state index in [-0.39, 0.29) is 18.3 Å². The van der Waals surface area contributed by atoms with Gasteiger partial charge in [-0.1, -0.05) is 60.7 Å². The number of amides is 1. The third-order valence-electron chi connectivity index (χ3n) is 6.35. The van der Waals surface area contributed by atoms with E-state index >= 15 is 0 Å². The number of nitrogens with one attached hydrogen (secondary N) is 2. The van der Waals surface area contributed by atoms with Crippen molar-refractivity contribution in [3.63, 3.8) is 0 Å². The summed E-state index contributed by atoms with van der Waals surface area (Å²) in [5.74, 6) is 0. The second kappa shape index (κ2) is 9.97. The fourth-order valence-electron chi connectivity index (χ4n) is 4.63. The Morgan fingerprint density at radius 2 is 1.62 bits per heavy atom. The number of aromatic amines is 1. The first kappa shape index (κ1) is 22.0. The number of piperidine rings is 1. The fourth-order valence-corrected chi connectivity index (χ4v) is 4.63. The second-order valence-corrected chi connectivity index (χ2v) is 8.71. The molecular formula is C27H28N4O3. The lowest BCUT2D eigenvalue weighted by atomic mass is 10.0. The topological polar surface area (TPSA) is 79.4 Å². The third-order valence-corrected chi connectivity index (χ3v) is 6.35. The summed E-state index contributed by atoms with van der Waals surface area (Å²) >= 11 is 0. The molecule has 1 aliphatic heterocycles. The van der Waals surface area contributed by atoms with Gasteiger partial charge in [-0.3, -0.25) is 14.8 Å². The number of likely N-dealkylation sites (tertiary alicyclic amines) is 1. The van der Waals surface area contributed by atoms with Crippen molar-refractivity contribution in [1.29, 1.82) is 0 Å². The lowest BCUT2D eigenvalue weighted by molar-refractivity contribution is 0.155. The maximum atomic E-state index is 12.8. The minimum atomic E-state index is -0.532. The summed E-state index contributed by atoms with van der Waals surface area (Å²) in [6.45, 7) is 3.04. The molecule has 0 atom stereocenters. The summed E-state index contributed by atoms with van der Waals surface area (Å²) in [5, 5.41) is 2.74. The predicted molar refractivity (Wildman–Crippen MR) is 133 cm³/mol. The van der Waals surface area contributed by atoms with E-state index in [1.54, 1.807) is 12.1 Å². The number of hydrogen-bond acceptors (Lipinski definition) is 4. The Labute approximate surface area is 198 Å². The van der Waals surface area contributed by atoms with E-state index in [1.807, 2.05) is 47.0 Å². The van der Waals surface area contributed by atoms with Crippen LogP contribution in [0.2, 0.25) is 0 Å². The van der Waals surface area contributed by atoms with Crippen LogP contribution in [0.15, 0.2) is 83.7 Å². The molecule has 34 heavy (non-hydrogen) atoms. The van der Waals surface area contributed by atoms with Crippen LogP contribution in [0.5, 0.6) is 0 Å². The maximum absolute atomic E-state index is 12.8. The summed E-state index contributed by atoms with van der Waals surface area (Å²) in [5.41, 5.74) is 4.26. The van der Waals surface area contributed by atoms with Crippen LogP contribution in [0.25, 0.3) is 11.0 Å². The van der Waals surface area contributed by atoms with Crippen molar-refractivity contribution in [2.24, 2.45) is 0 Å². The summed E-state index contributed by atoms with van der Waals surface area (Å²) in [6, 6.07) is 25.6. The zero-order valence-corrected chi connectivity index (χ0v) is 18.9. The summed E-state index contributed by atoms with van der Waals surface area (Å²) in [4.78, 5) is 30.4. The maximum Gasteiger partial charge on any atom is 0.411 e. The van der Waals surface area contributed by atoms with Crippen LogP contribution in [0.4, 0.5) is 10.5 Å². The smallest absolute Gasteiger partial charge is 0.411 e. The average Bonchev–Trinajstić information content (AvgIpc) is 3.19. The summed E-state index contributed by atoms with van der Waals surface area (Å²) in [6.07, 6.45) is 1.31. The SMILES string of the molecule is O=C(Nc1ccc2c(c1)[nH]c(=O)n2C1CCN(Cc2ccccc2)CC1)OCc1ccccc1. The molecule has 1 aliphatic rings. The van der Waals surface area contributed by atoms with E-state index in [0.717, 1.165) is 43.6 Å². The Hall–Kier alpha value is -3.84. The summed E-state index contributed by atoms with van der Waals surface area (Å²) in [7, 11) is 0. The molecule has 1 saturated heterocycles. The van der Waals surface area contributed by atoms with Crippen molar-refractivity contribution in [3.8, 4) is 0 Å². The molecule has 174 valence electrons. The Morgan fingerprint density at radius 1 is 0.941 bits per heavy atom. The van der Waals surface area contributed by atoms with Gasteiger partial charge in [0.05, 0.1) is 11.0 Å². The van der Waals surface area contributed by atoms with Crippen LogP contribution < -0.4 is 11.0 Å². The fraction of sp³-hybridized carbons (Fsp3) is 0.259. The average molecular weight is 457 g/mol. The number of H-pyrrole nitrogens is 1. The zero-order valence-electron chi connectivity index (χ0n) is 18.9. The predicted octanol–water partition coefficient (Wildman–Crippen LogP) is 4.92. The van der Waals surface area contributed by atoms with Gasteiger partial charge in [0, 0.05) is 31.4 Å². The lowest BCUT2D eigenvalue weighted by Gasteiger charge is -2.32. The van der Waals surface area contributed by atoms with Gasteiger partial charge in [-0.25, -0.2) is 9.59 Å². The van der Waals surface area contributed by atoms with Crippen LogP contribution in [0.3, 0.4) is 0 Å². The number of imidazole rings is 1. The molecule has 7 heteroatoms. The highest BCUT2D eigenvalue weighted by Gasteiger charge is 2.23. The molecule has 0 saturated carbocycles. The van der Waals surface area contributed by atoms with E-state index in [0.29, 0.717) is 11.2 Å². The molecular weight excluding hydrogens is 428 g/mol. The van der Waals surface area contributed by atoms with Gasteiger partial charge < -0.3 is 9.72 Å². The molecule has 1 amide bonds. The molecule has 0 bridgehead atoms. The first-order valence-corrected chi connectivity index (χ1v) is 11.6. The van der Waals surface area contributed by atoms with Crippen molar-refractivity contribution in [2.45, 2.75) is 32.0 Å². The monoisotopic (exact) mass is 456 g/mol. The Balaban J connectivity index is 1.22. The normalized spacial score (nSPS) is 14.8. The minimum Gasteiger partial charge on any atom is -0.444 e. The zero-order chi connectivity index (χ0) is 23.3. The number of hydrogen-bond donors (Lipinski definition) is 2. The van der Waals surface area contributed by atoms with Crippen LogP contribution in [0.1, 0.15) is 30.0 Å². The number of ether oxygens (including phenoxy) is 1. The number of benzene rings is 3. The quantitative estimate of drug-likeness (QED) is 0.432. The molecule has 4 aromatic rings. The van der Waals surface area contributed by atoms with Gasteiger partial charge in [0.25, 0.3) is 0 Å². The van der Waals surface area contributed by atoms with Crippen LogP contribution in [-0.2, 0) is 17.9 Å². The van der Waals surface area contributed by atoms with Crippen molar-refractivity contribution in [2.75, 3.05) is 18.4 Å². The van der Waals surface area contributed by atoms with Gasteiger partial charge >= 0.3 is 11.8 Å². The van der Waals surface area contributed by atoms with E-state index in [4.69, 9.17) is 4.74 Å². The largest absolute Gasteiger partial charge is 0.444 e. The molecule has 0 spiro atoms. The third kappa shape index (κ3) is 5.05. The van der Waals surface area contributed by atoms with Gasteiger partial charge in [0.15, 0.2) is 0 Å². The molecule has 1 aromatic heterocycles. The molecule has 7 nitrogen and oxygen atoms in total. The minimum absolute atomic E-state index is 0.111. The van der Waals surface area contributed by atoms with Crippen molar-refractivity contribution >= 4 is 22.8 Å². The Kier molecular flexibility index (Phi) is 6.44. The van der Waals surface area contributed by atoms with Crippen LogP contribution in [0, 0.1) is 0 Å². The lowest BCUT2D eigenvalue weighted by Crippen LogP contribution is -2.36. The molecule has 2 N–H and O–H groups in total. The first-order valence-electron chi connectivity index (χ1n) is 11.6. The number of nitrogens with zero attached hydrogens (tertiary/aromatic N) is 2. The number of carbonyl (C=O) groups excluding carboxylic acids is 1. The highest BCUT2D eigenvalue weighted by Crippen LogP contribution is 2.27. The van der Waals surface area contributed by atoms with Crippen molar-refractivity contribution in [3.05, 3.63) is 100 Å². The van der Waals surface area contributed by atoms with E-state index in [9.17, 15) is 9.59 Å². The van der Waals surface area contributed by atoms with E-state index in [2.05, 4.69) is 39.5 Å². The standard InChI is InChI=1S/C27H28N4O3/c32-26-29-24-17-22(28-27(33)34-19-21-9-5-2-6-10-21)11-12-25(24)31(26)23-13-15-30(16-14-23)18-20-7-3-1-4-8-20/h1-12,17,23H,13-16,18-19H2,(H,28,33)(H,29,32). The van der Waals surface area contributed by atoms with Gasteiger partial charge in [-0.05, 0) is 42.2 Å². The Morgan fingerprint density at radius 3 is 2.32 bits per heavy atom. The number of aromatic nitrogens is 2. The number of anilines is 1. The van der Waals surface area contributed by atoms with Crippen LogP contribution >= 0.6 is 0 Å².